The number of likely N-dealkylation sites (tertiary alicyclic amines) is 1. The summed E-state index contributed by atoms with van der Waals surface area (Å²) in [5.41, 5.74) is -1.87. The molecule has 190 valence electrons. The summed E-state index contributed by atoms with van der Waals surface area (Å²) in [6, 6.07) is 15.6. The third-order valence-electron chi connectivity index (χ3n) is 6.16. The van der Waals surface area contributed by atoms with Crippen molar-refractivity contribution in [1.82, 2.24) is 9.88 Å². The fourth-order valence-electron chi connectivity index (χ4n) is 4.08. The zero-order valence-corrected chi connectivity index (χ0v) is 22.3. The Bertz CT molecular complexity index is 1210. The number of nitrogens with zero attached hydrogens (tertiary/aromatic N) is 2. The summed E-state index contributed by atoms with van der Waals surface area (Å²) in [4.78, 5) is 19.6. The molecule has 0 aliphatic carbocycles. The Morgan fingerprint density at radius 2 is 2.00 bits per heavy atom. The van der Waals surface area contributed by atoms with Crippen molar-refractivity contribution in [2.45, 2.75) is 31.1 Å². The van der Waals surface area contributed by atoms with E-state index in [1.165, 1.54) is 21.4 Å². The van der Waals surface area contributed by atoms with Crippen LogP contribution in [0.3, 0.4) is 0 Å². The standard InChI is InChI=1S/C26H30F2N4O2P2/c1-32-11-3-4-20(32)16-34-21-13-18(26(27,28)36)12-19(14-21)31-25(33)23-5-2-10-29-24(23)30-15-17-6-8-22(35)9-7-17/h2,5-10,12-14,20H,3-4,11,15-16,35-36H2,1H3,(H,29,30)(H,31,33)/t20-/m0/s1. The van der Waals surface area contributed by atoms with Crippen LogP contribution in [0.15, 0.2) is 60.8 Å². The molecule has 3 aromatic rings. The molecule has 3 atom stereocenters. The minimum Gasteiger partial charge on any atom is -0.492 e. The number of carbonyl (C=O) groups excluding carboxylic acids is 1. The van der Waals surface area contributed by atoms with Crippen LogP contribution in [0.1, 0.15) is 34.3 Å². The molecule has 36 heavy (non-hydrogen) atoms. The topological polar surface area (TPSA) is 66.5 Å². The van der Waals surface area contributed by atoms with E-state index in [1.54, 1.807) is 24.4 Å². The van der Waals surface area contributed by atoms with Gasteiger partial charge in [-0.15, -0.1) is 9.24 Å². The average molecular weight is 530 g/mol. The monoisotopic (exact) mass is 530 g/mol. The largest absolute Gasteiger partial charge is 0.492 e. The Balaban J connectivity index is 1.50. The van der Waals surface area contributed by atoms with Crippen molar-refractivity contribution in [3.05, 3.63) is 77.5 Å². The number of rotatable bonds is 9. The maximum absolute atomic E-state index is 14.2. The summed E-state index contributed by atoms with van der Waals surface area (Å²) >= 11 is 0. The normalized spacial score (nSPS) is 16.1. The highest BCUT2D eigenvalue weighted by atomic mass is 31.0. The molecule has 4 rings (SSSR count). The number of alkyl halides is 2. The van der Waals surface area contributed by atoms with E-state index in [-0.39, 0.29) is 23.0 Å². The lowest BCUT2D eigenvalue weighted by molar-refractivity contribution is 0.101. The number of carbonyl (C=O) groups is 1. The maximum Gasteiger partial charge on any atom is 0.284 e. The van der Waals surface area contributed by atoms with E-state index in [0.29, 0.717) is 24.5 Å². The lowest BCUT2D eigenvalue weighted by atomic mass is 10.1. The quantitative estimate of drug-likeness (QED) is 0.388. The number of hydrogen-bond acceptors (Lipinski definition) is 5. The van der Waals surface area contributed by atoms with E-state index in [0.717, 1.165) is 30.3 Å². The van der Waals surface area contributed by atoms with Gasteiger partial charge in [-0.05, 0) is 61.6 Å². The van der Waals surface area contributed by atoms with Crippen LogP contribution in [0.5, 0.6) is 5.75 Å². The molecule has 0 saturated carbocycles. The number of aromatic nitrogens is 1. The Labute approximate surface area is 214 Å². The Hall–Kier alpha value is -2.66. The van der Waals surface area contributed by atoms with Gasteiger partial charge in [-0.1, -0.05) is 33.5 Å². The van der Waals surface area contributed by atoms with Gasteiger partial charge >= 0.3 is 0 Å². The molecule has 1 amide bonds. The molecule has 1 aliphatic rings. The van der Waals surface area contributed by atoms with Crippen molar-refractivity contribution in [2.24, 2.45) is 0 Å². The summed E-state index contributed by atoms with van der Waals surface area (Å²) in [7, 11) is 6.20. The van der Waals surface area contributed by atoms with Gasteiger partial charge in [-0.25, -0.2) is 4.98 Å². The van der Waals surface area contributed by atoms with Crippen LogP contribution in [0.4, 0.5) is 20.3 Å². The molecule has 2 aromatic carbocycles. The van der Waals surface area contributed by atoms with Crippen LogP contribution in [-0.2, 0) is 12.2 Å². The molecule has 0 bridgehead atoms. The second-order valence-electron chi connectivity index (χ2n) is 8.91. The third kappa shape index (κ3) is 6.97. The SMILES string of the molecule is CN1CCC[C@H]1COc1cc(NC(=O)c2cccnc2NCc2ccc(P)cc2)cc(C(F)(F)P)c1. The van der Waals surface area contributed by atoms with Crippen LogP contribution in [0.25, 0.3) is 0 Å². The van der Waals surface area contributed by atoms with E-state index < -0.39 is 11.6 Å². The first-order valence-electron chi connectivity index (χ1n) is 11.7. The molecular weight excluding hydrogens is 500 g/mol. The molecule has 6 nitrogen and oxygen atoms in total. The Kier molecular flexibility index (Phi) is 8.50. The van der Waals surface area contributed by atoms with Gasteiger partial charge in [0.2, 0.25) is 0 Å². The smallest absolute Gasteiger partial charge is 0.284 e. The number of benzene rings is 2. The molecular formula is C26H30F2N4O2P2. The molecule has 1 aromatic heterocycles. The third-order valence-corrected chi connectivity index (χ3v) is 6.87. The Morgan fingerprint density at radius 3 is 2.69 bits per heavy atom. The van der Waals surface area contributed by atoms with Crippen LogP contribution in [-0.4, -0.2) is 42.0 Å². The molecule has 2 heterocycles. The predicted octanol–water partition coefficient (Wildman–Crippen LogP) is 4.84. The number of pyridine rings is 1. The van der Waals surface area contributed by atoms with Crippen LogP contribution >= 0.6 is 18.5 Å². The van der Waals surface area contributed by atoms with E-state index in [1.807, 2.05) is 31.3 Å². The van der Waals surface area contributed by atoms with Gasteiger partial charge in [0, 0.05) is 36.1 Å². The van der Waals surface area contributed by atoms with Crippen molar-refractivity contribution in [2.75, 3.05) is 30.8 Å². The van der Waals surface area contributed by atoms with Crippen molar-refractivity contribution in [3.63, 3.8) is 0 Å². The minimum atomic E-state index is -3.17. The second kappa shape index (κ2) is 11.6. The number of halogens is 2. The first-order chi connectivity index (χ1) is 17.2. The van der Waals surface area contributed by atoms with Crippen LogP contribution < -0.4 is 20.7 Å². The van der Waals surface area contributed by atoms with Crippen LogP contribution in [0.2, 0.25) is 0 Å². The number of amides is 1. The first-order valence-corrected chi connectivity index (χ1v) is 12.8. The first kappa shape index (κ1) is 26.4. The van der Waals surface area contributed by atoms with Gasteiger partial charge in [0.15, 0.2) is 0 Å². The van der Waals surface area contributed by atoms with E-state index in [4.69, 9.17) is 4.74 Å². The molecule has 1 aliphatic heterocycles. The fraction of sp³-hybridized carbons (Fsp3) is 0.308. The van der Waals surface area contributed by atoms with Crippen molar-refractivity contribution in [3.8, 4) is 5.75 Å². The predicted molar refractivity (Wildman–Crippen MR) is 146 cm³/mol. The minimum absolute atomic E-state index is 0.222. The summed E-state index contributed by atoms with van der Waals surface area (Å²) in [5, 5.41) is 7.00. The number of ether oxygens (including phenoxy) is 1. The molecule has 10 heteroatoms. The van der Waals surface area contributed by atoms with Crippen molar-refractivity contribution < 1.29 is 18.3 Å². The number of likely N-dealkylation sites (N-methyl/N-ethyl adjacent to an activating group) is 1. The summed E-state index contributed by atoms with van der Waals surface area (Å²) < 4.78 is 34.3. The van der Waals surface area contributed by atoms with Gasteiger partial charge in [0.1, 0.15) is 18.2 Å². The summed E-state index contributed by atoms with van der Waals surface area (Å²) in [6.45, 7) is 1.86. The van der Waals surface area contributed by atoms with Crippen LogP contribution in [0, 0.1) is 0 Å². The van der Waals surface area contributed by atoms with Gasteiger partial charge in [-0.3, -0.25) is 4.79 Å². The molecule has 0 spiro atoms. The number of hydrogen-bond donors (Lipinski definition) is 2. The van der Waals surface area contributed by atoms with Gasteiger partial charge in [-0.2, -0.15) is 8.78 Å². The highest BCUT2D eigenvalue weighted by Crippen LogP contribution is 2.38. The van der Waals surface area contributed by atoms with Gasteiger partial charge in [0.25, 0.3) is 11.6 Å². The number of nitrogens with one attached hydrogen (secondary N) is 2. The van der Waals surface area contributed by atoms with E-state index in [9.17, 15) is 13.6 Å². The molecule has 1 fully saturated rings. The van der Waals surface area contributed by atoms with Gasteiger partial charge < -0.3 is 20.3 Å². The second-order valence-corrected chi connectivity index (χ2v) is 10.3. The zero-order chi connectivity index (χ0) is 25.7. The molecule has 1 saturated heterocycles. The summed E-state index contributed by atoms with van der Waals surface area (Å²) in [5.74, 6) is 0.224. The zero-order valence-electron chi connectivity index (χ0n) is 20.0. The van der Waals surface area contributed by atoms with Gasteiger partial charge in [0.05, 0.1) is 5.56 Å². The lowest BCUT2D eigenvalue weighted by Gasteiger charge is -2.21. The van der Waals surface area contributed by atoms with Crippen molar-refractivity contribution >= 4 is 41.2 Å². The maximum atomic E-state index is 14.2. The average Bonchev–Trinajstić information content (AvgIpc) is 3.26. The number of anilines is 2. The lowest BCUT2D eigenvalue weighted by Crippen LogP contribution is -2.30. The molecule has 2 unspecified atom stereocenters. The fourth-order valence-corrected chi connectivity index (χ4v) is 4.44. The van der Waals surface area contributed by atoms with E-state index >= 15 is 0 Å². The molecule has 0 radical (unpaired) electrons. The Morgan fingerprint density at radius 1 is 1.22 bits per heavy atom. The van der Waals surface area contributed by atoms with Crippen molar-refractivity contribution in [1.29, 1.82) is 0 Å². The summed E-state index contributed by atoms with van der Waals surface area (Å²) in [6.07, 6.45) is 3.67. The highest BCUT2D eigenvalue weighted by molar-refractivity contribution is 7.27. The van der Waals surface area contributed by atoms with E-state index in [2.05, 4.69) is 29.8 Å². The molecule has 2 N–H and O–H groups in total. The highest BCUT2D eigenvalue weighted by Gasteiger charge is 2.27.